The van der Waals surface area contributed by atoms with Crippen molar-refractivity contribution in [2.45, 2.75) is 50.2 Å². The van der Waals surface area contributed by atoms with Crippen molar-refractivity contribution in [1.82, 2.24) is 4.90 Å². The van der Waals surface area contributed by atoms with E-state index >= 15 is 0 Å². The third-order valence-corrected chi connectivity index (χ3v) is 3.77. The molecule has 1 unspecified atom stereocenters. The van der Waals surface area contributed by atoms with Crippen molar-refractivity contribution in [2.75, 3.05) is 13.1 Å². The Labute approximate surface area is 89.9 Å². The minimum Gasteiger partial charge on any atom is -0.479 e. The van der Waals surface area contributed by atoms with Crippen LogP contribution >= 0.6 is 0 Å². The summed E-state index contributed by atoms with van der Waals surface area (Å²) in [6.07, 6.45) is 6.48. The van der Waals surface area contributed by atoms with E-state index in [1.165, 1.54) is 19.3 Å². The van der Waals surface area contributed by atoms with E-state index in [2.05, 4.69) is 4.90 Å². The summed E-state index contributed by atoms with van der Waals surface area (Å²) < 4.78 is 0. The first-order valence-electron chi connectivity index (χ1n) is 5.82. The van der Waals surface area contributed by atoms with E-state index in [1.54, 1.807) is 0 Å². The van der Waals surface area contributed by atoms with Crippen molar-refractivity contribution in [3.63, 3.8) is 0 Å². The minimum atomic E-state index is -1.49. The lowest BCUT2D eigenvalue weighted by Gasteiger charge is -2.31. The number of rotatable bonds is 2. The molecule has 2 fully saturated rings. The highest BCUT2D eigenvalue weighted by Gasteiger charge is 2.44. The lowest BCUT2D eigenvalue weighted by Crippen LogP contribution is -2.44. The molecule has 1 aliphatic carbocycles. The van der Waals surface area contributed by atoms with Gasteiger partial charge in [0.25, 0.3) is 0 Å². The smallest absolute Gasteiger partial charge is 0.337 e. The topological polar surface area (TPSA) is 60.8 Å². The molecule has 15 heavy (non-hydrogen) atoms. The monoisotopic (exact) mass is 213 g/mol. The van der Waals surface area contributed by atoms with Crippen LogP contribution in [0.15, 0.2) is 0 Å². The first-order valence-corrected chi connectivity index (χ1v) is 5.82. The van der Waals surface area contributed by atoms with E-state index in [0.29, 0.717) is 19.0 Å². The van der Waals surface area contributed by atoms with Gasteiger partial charge in [-0.15, -0.1) is 0 Å². The highest BCUT2D eigenvalue weighted by atomic mass is 16.4. The Bertz CT molecular complexity index is 250. The van der Waals surface area contributed by atoms with Gasteiger partial charge in [-0.25, -0.2) is 4.79 Å². The molecule has 0 aromatic carbocycles. The molecule has 2 aliphatic rings. The zero-order chi connectivity index (χ0) is 10.9. The zero-order valence-corrected chi connectivity index (χ0v) is 8.98. The van der Waals surface area contributed by atoms with E-state index in [4.69, 9.17) is 5.11 Å². The van der Waals surface area contributed by atoms with Gasteiger partial charge in [-0.1, -0.05) is 19.3 Å². The Hall–Kier alpha value is -0.610. The molecule has 2 rings (SSSR count). The summed E-state index contributed by atoms with van der Waals surface area (Å²) in [5.74, 6) is -1.07. The molecule has 2 N–H and O–H groups in total. The Morgan fingerprint density at radius 3 is 2.47 bits per heavy atom. The average Bonchev–Trinajstić information content (AvgIpc) is 2.64. The van der Waals surface area contributed by atoms with E-state index in [9.17, 15) is 9.90 Å². The predicted molar refractivity (Wildman–Crippen MR) is 55.6 cm³/mol. The second kappa shape index (κ2) is 4.10. The SMILES string of the molecule is O=C(O)C1(O)CCN(C2CCCCC2)C1. The summed E-state index contributed by atoms with van der Waals surface area (Å²) in [5, 5.41) is 18.7. The van der Waals surface area contributed by atoms with E-state index in [1.807, 2.05) is 0 Å². The molecular formula is C11H19NO3. The Kier molecular flexibility index (Phi) is 2.98. The molecule has 0 amide bonds. The summed E-state index contributed by atoms with van der Waals surface area (Å²) in [6.45, 7) is 1.04. The number of nitrogens with zero attached hydrogens (tertiary/aromatic N) is 1. The van der Waals surface area contributed by atoms with Crippen LogP contribution in [0.4, 0.5) is 0 Å². The van der Waals surface area contributed by atoms with Crippen LogP contribution < -0.4 is 0 Å². The number of carboxylic acids is 1. The van der Waals surface area contributed by atoms with Crippen LogP contribution in [-0.4, -0.2) is 45.8 Å². The van der Waals surface area contributed by atoms with Crippen molar-refractivity contribution >= 4 is 5.97 Å². The molecule has 1 aliphatic heterocycles. The maximum absolute atomic E-state index is 10.9. The van der Waals surface area contributed by atoms with E-state index in [0.717, 1.165) is 19.4 Å². The molecule has 0 spiro atoms. The van der Waals surface area contributed by atoms with Crippen molar-refractivity contribution in [3.8, 4) is 0 Å². The van der Waals surface area contributed by atoms with Crippen LogP contribution in [0.5, 0.6) is 0 Å². The maximum Gasteiger partial charge on any atom is 0.337 e. The van der Waals surface area contributed by atoms with Crippen LogP contribution in [0.25, 0.3) is 0 Å². The summed E-state index contributed by atoms with van der Waals surface area (Å²) in [4.78, 5) is 13.0. The number of aliphatic carboxylic acids is 1. The van der Waals surface area contributed by atoms with Gasteiger partial charge in [0.1, 0.15) is 0 Å². The number of β-amino-alcohol motifs (C(OH)–C–C–N with tert-alkyl or cyclic N) is 1. The van der Waals surface area contributed by atoms with Gasteiger partial charge in [0.2, 0.25) is 0 Å². The first kappa shape index (κ1) is 10.9. The van der Waals surface area contributed by atoms with Gasteiger partial charge < -0.3 is 10.2 Å². The second-order valence-corrected chi connectivity index (χ2v) is 4.85. The zero-order valence-electron chi connectivity index (χ0n) is 8.98. The van der Waals surface area contributed by atoms with Crippen LogP contribution in [0, 0.1) is 0 Å². The van der Waals surface area contributed by atoms with Gasteiger partial charge in [0, 0.05) is 25.6 Å². The number of carboxylic acid groups (broad SMARTS) is 1. The van der Waals surface area contributed by atoms with Crippen LogP contribution in [-0.2, 0) is 4.79 Å². The lowest BCUT2D eigenvalue weighted by atomic mass is 9.94. The van der Waals surface area contributed by atoms with Gasteiger partial charge in [0.05, 0.1) is 0 Å². The average molecular weight is 213 g/mol. The number of carbonyl (C=O) groups is 1. The molecule has 1 saturated carbocycles. The normalized spacial score (nSPS) is 34.5. The summed E-state index contributed by atoms with van der Waals surface area (Å²) >= 11 is 0. The molecular weight excluding hydrogens is 194 g/mol. The van der Waals surface area contributed by atoms with Crippen LogP contribution in [0.1, 0.15) is 38.5 Å². The summed E-state index contributed by atoms with van der Waals surface area (Å²) in [5.41, 5.74) is -1.49. The Morgan fingerprint density at radius 1 is 1.27 bits per heavy atom. The second-order valence-electron chi connectivity index (χ2n) is 4.85. The van der Waals surface area contributed by atoms with Crippen molar-refractivity contribution in [3.05, 3.63) is 0 Å². The molecule has 1 atom stereocenters. The van der Waals surface area contributed by atoms with Gasteiger partial charge in [0.15, 0.2) is 5.60 Å². The molecule has 0 aromatic heterocycles. The van der Waals surface area contributed by atoms with Crippen molar-refractivity contribution < 1.29 is 15.0 Å². The molecule has 0 radical (unpaired) electrons. The molecule has 1 saturated heterocycles. The predicted octanol–water partition coefficient (Wildman–Crippen LogP) is 0.840. The molecule has 4 nitrogen and oxygen atoms in total. The van der Waals surface area contributed by atoms with E-state index < -0.39 is 11.6 Å². The molecule has 4 heteroatoms. The van der Waals surface area contributed by atoms with Crippen molar-refractivity contribution in [2.24, 2.45) is 0 Å². The minimum absolute atomic E-state index is 0.312. The highest BCUT2D eigenvalue weighted by molar-refractivity contribution is 5.77. The fourth-order valence-corrected chi connectivity index (χ4v) is 2.76. The Morgan fingerprint density at radius 2 is 1.93 bits per heavy atom. The number of aliphatic hydroxyl groups is 1. The van der Waals surface area contributed by atoms with Crippen molar-refractivity contribution in [1.29, 1.82) is 0 Å². The number of likely N-dealkylation sites (tertiary alicyclic amines) is 1. The lowest BCUT2D eigenvalue weighted by molar-refractivity contribution is -0.157. The standard InChI is InChI=1S/C11H19NO3/c13-10(14)11(15)6-7-12(8-11)9-4-2-1-3-5-9/h9,15H,1-8H2,(H,13,14). The van der Waals surface area contributed by atoms with Gasteiger partial charge in [-0.05, 0) is 12.8 Å². The third-order valence-electron chi connectivity index (χ3n) is 3.77. The largest absolute Gasteiger partial charge is 0.479 e. The maximum atomic E-state index is 10.9. The highest BCUT2D eigenvalue weighted by Crippen LogP contribution is 2.29. The third kappa shape index (κ3) is 2.16. The molecule has 0 bridgehead atoms. The van der Waals surface area contributed by atoms with Gasteiger partial charge >= 0.3 is 5.97 Å². The summed E-state index contributed by atoms with van der Waals surface area (Å²) in [6, 6.07) is 0.507. The quantitative estimate of drug-likeness (QED) is 0.713. The van der Waals surface area contributed by atoms with Gasteiger partial charge in [-0.2, -0.15) is 0 Å². The van der Waals surface area contributed by atoms with Gasteiger partial charge in [-0.3, -0.25) is 4.90 Å². The van der Waals surface area contributed by atoms with Crippen LogP contribution in [0.3, 0.4) is 0 Å². The molecule has 0 aromatic rings. The molecule has 1 heterocycles. The fraction of sp³-hybridized carbons (Fsp3) is 0.909. The van der Waals surface area contributed by atoms with E-state index in [-0.39, 0.29) is 0 Å². The number of hydrogen-bond donors (Lipinski definition) is 2. The molecule has 86 valence electrons. The fourth-order valence-electron chi connectivity index (χ4n) is 2.76. The first-order chi connectivity index (χ1) is 7.12. The summed E-state index contributed by atoms with van der Waals surface area (Å²) in [7, 11) is 0. The number of hydrogen-bond acceptors (Lipinski definition) is 3. The Balaban J connectivity index is 1.94. The van der Waals surface area contributed by atoms with Crippen LogP contribution in [0.2, 0.25) is 0 Å².